The van der Waals surface area contributed by atoms with E-state index >= 15 is 0 Å². The molecule has 1 aromatic rings. The van der Waals surface area contributed by atoms with Crippen LogP contribution in [0.15, 0.2) is 16.8 Å². The number of thiophene rings is 1. The highest BCUT2D eigenvalue weighted by Crippen LogP contribution is 2.35. The van der Waals surface area contributed by atoms with E-state index in [0.29, 0.717) is 6.42 Å². The Balaban J connectivity index is 1.52. The molecular formula is C19H30N2OS. The summed E-state index contributed by atoms with van der Waals surface area (Å²) < 4.78 is 0. The number of likely N-dealkylation sites (tertiary alicyclic amines) is 1. The summed E-state index contributed by atoms with van der Waals surface area (Å²) in [6.45, 7) is 3.31. The average molecular weight is 335 g/mol. The molecule has 1 saturated heterocycles. The van der Waals surface area contributed by atoms with Crippen LogP contribution in [0.25, 0.3) is 0 Å². The van der Waals surface area contributed by atoms with Gasteiger partial charge in [0.1, 0.15) is 0 Å². The molecule has 2 heterocycles. The van der Waals surface area contributed by atoms with Crippen LogP contribution in [0.2, 0.25) is 0 Å². The normalized spacial score (nSPS) is 21.9. The Labute approximate surface area is 144 Å². The van der Waals surface area contributed by atoms with Crippen molar-refractivity contribution in [3.63, 3.8) is 0 Å². The number of amides is 1. The van der Waals surface area contributed by atoms with Gasteiger partial charge in [-0.1, -0.05) is 25.7 Å². The van der Waals surface area contributed by atoms with Crippen LogP contribution in [0.5, 0.6) is 0 Å². The van der Waals surface area contributed by atoms with E-state index in [2.05, 4.69) is 27.0 Å². The molecular weight excluding hydrogens is 304 g/mol. The van der Waals surface area contributed by atoms with Gasteiger partial charge < -0.3 is 5.32 Å². The highest BCUT2D eigenvalue weighted by Gasteiger charge is 2.38. The summed E-state index contributed by atoms with van der Waals surface area (Å²) in [5.74, 6) is 0.221. The second kappa shape index (κ2) is 8.29. The lowest BCUT2D eigenvalue weighted by Gasteiger charge is -2.48. The first-order chi connectivity index (χ1) is 11.3. The van der Waals surface area contributed by atoms with E-state index < -0.39 is 0 Å². The lowest BCUT2D eigenvalue weighted by Crippen LogP contribution is -2.58. The Morgan fingerprint density at radius 2 is 1.87 bits per heavy atom. The molecule has 0 radical (unpaired) electrons. The zero-order valence-corrected chi connectivity index (χ0v) is 15.0. The largest absolute Gasteiger partial charge is 0.354 e. The number of hydrogen-bond donors (Lipinski definition) is 1. The molecule has 2 fully saturated rings. The molecule has 1 N–H and O–H groups in total. The second-order valence-corrected chi connectivity index (χ2v) is 8.02. The zero-order chi connectivity index (χ0) is 16.0. The van der Waals surface area contributed by atoms with Crippen molar-refractivity contribution in [2.75, 3.05) is 19.6 Å². The maximum Gasteiger partial charge on any atom is 0.220 e. The quantitative estimate of drug-likeness (QED) is 0.853. The van der Waals surface area contributed by atoms with Gasteiger partial charge in [-0.3, -0.25) is 9.69 Å². The van der Waals surface area contributed by atoms with E-state index in [1.807, 2.05) is 0 Å². The summed E-state index contributed by atoms with van der Waals surface area (Å²) >= 11 is 1.71. The number of aryl methyl sites for hydroxylation is 1. The standard InChI is InChI=1S/C19H30N2OS/c22-18(8-7-17-9-14-23-15-17)20-16-19(10-3-1-4-11-19)21-12-5-2-6-13-21/h9,14-15H,1-8,10-13,16H2,(H,20,22). The SMILES string of the molecule is O=C(CCc1ccsc1)NCC1(N2CCCCC2)CCCCC1. The van der Waals surface area contributed by atoms with E-state index in [9.17, 15) is 4.79 Å². The van der Waals surface area contributed by atoms with E-state index in [0.717, 1.165) is 13.0 Å². The van der Waals surface area contributed by atoms with Gasteiger partial charge in [-0.25, -0.2) is 0 Å². The molecule has 128 valence electrons. The molecule has 1 aromatic heterocycles. The summed E-state index contributed by atoms with van der Waals surface area (Å²) in [4.78, 5) is 15.0. The molecule has 0 unspecified atom stereocenters. The van der Waals surface area contributed by atoms with E-state index in [-0.39, 0.29) is 11.4 Å². The molecule has 0 aromatic carbocycles. The van der Waals surface area contributed by atoms with Gasteiger partial charge in [0.25, 0.3) is 0 Å². The highest BCUT2D eigenvalue weighted by atomic mass is 32.1. The summed E-state index contributed by atoms with van der Waals surface area (Å²) in [5.41, 5.74) is 1.53. The molecule has 4 heteroatoms. The van der Waals surface area contributed by atoms with Crippen molar-refractivity contribution in [3.05, 3.63) is 22.4 Å². The summed E-state index contributed by atoms with van der Waals surface area (Å²) in [6.07, 6.45) is 12.0. The monoisotopic (exact) mass is 334 g/mol. The number of piperidine rings is 1. The molecule has 2 aliphatic rings. The molecule has 0 bridgehead atoms. The predicted octanol–water partition coefficient (Wildman–Crippen LogP) is 3.99. The number of hydrogen-bond acceptors (Lipinski definition) is 3. The fourth-order valence-electron chi connectivity index (χ4n) is 4.23. The van der Waals surface area contributed by atoms with Crippen LogP contribution in [0.3, 0.4) is 0 Å². The van der Waals surface area contributed by atoms with Crippen molar-refractivity contribution < 1.29 is 4.79 Å². The second-order valence-electron chi connectivity index (χ2n) is 7.24. The highest BCUT2D eigenvalue weighted by molar-refractivity contribution is 7.07. The number of rotatable bonds is 6. The molecule has 0 atom stereocenters. The molecule has 1 saturated carbocycles. The van der Waals surface area contributed by atoms with Gasteiger partial charge in [-0.15, -0.1) is 0 Å². The van der Waals surface area contributed by atoms with E-state index in [4.69, 9.17) is 0 Å². The van der Waals surface area contributed by atoms with Crippen LogP contribution in [0, 0.1) is 0 Å². The van der Waals surface area contributed by atoms with Crippen LogP contribution >= 0.6 is 11.3 Å². The molecule has 3 rings (SSSR count). The van der Waals surface area contributed by atoms with Crippen molar-refractivity contribution in [2.45, 2.75) is 69.7 Å². The summed E-state index contributed by atoms with van der Waals surface area (Å²) in [5, 5.41) is 7.50. The van der Waals surface area contributed by atoms with Crippen LogP contribution < -0.4 is 5.32 Å². The Morgan fingerprint density at radius 1 is 1.13 bits per heavy atom. The van der Waals surface area contributed by atoms with Crippen LogP contribution in [0.4, 0.5) is 0 Å². The van der Waals surface area contributed by atoms with Gasteiger partial charge >= 0.3 is 0 Å². The van der Waals surface area contributed by atoms with Crippen LogP contribution in [-0.4, -0.2) is 36.0 Å². The Kier molecular flexibility index (Phi) is 6.12. The molecule has 1 aliphatic heterocycles. The Hall–Kier alpha value is -0.870. The third kappa shape index (κ3) is 4.57. The Morgan fingerprint density at radius 3 is 2.57 bits per heavy atom. The van der Waals surface area contributed by atoms with Gasteiger partial charge in [0.05, 0.1) is 0 Å². The van der Waals surface area contributed by atoms with Gasteiger partial charge in [-0.05, 0) is 67.6 Å². The van der Waals surface area contributed by atoms with Gasteiger partial charge in [0.15, 0.2) is 0 Å². The van der Waals surface area contributed by atoms with Crippen molar-refractivity contribution in [3.8, 4) is 0 Å². The minimum Gasteiger partial charge on any atom is -0.354 e. The van der Waals surface area contributed by atoms with Crippen LogP contribution in [-0.2, 0) is 11.2 Å². The van der Waals surface area contributed by atoms with Gasteiger partial charge in [0, 0.05) is 18.5 Å². The lowest BCUT2D eigenvalue weighted by molar-refractivity contribution is -0.122. The molecule has 0 spiro atoms. The van der Waals surface area contributed by atoms with Crippen molar-refractivity contribution in [1.29, 1.82) is 0 Å². The topological polar surface area (TPSA) is 32.3 Å². The number of nitrogens with one attached hydrogen (secondary N) is 1. The molecule has 3 nitrogen and oxygen atoms in total. The molecule has 1 amide bonds. The third-order valence-corrected chi connectivity index (χ3v) is 6.38. The first-order valence-electron chi connectivity index (χ1n) is 9.31. The Bertz CT molecular complexity index is 474. The molecule has 23 heavy (non-hydrogen) atoms. The predicted molar refractivity (Wildman–Crippen MR) is 96.9 cm³/mol. The smallest absolute Gasteiger partial charge is 0.220 e. The van der Waals surface area contributed by atoms with Crippen LogP contribution in [0.1, 0.15) is 63.4 Å². The lowest BCUT2D eigenvalue weighted by atomic mass is 9.79. The first kappa shape index (κ1) is 17.0. The van der Waals surface area contributed by atoms with E-state index in [1.54, 1.807) is 11.3 Å². The van der Waals surface area contributed by atoms with Gasteiger partial charge in [0.2, 0.25) is 5.91 Å². The first-order valence-corrected chi connectivity index (χ1v) is 10.3. The number of nitrogens with zero attached hydrogens (tertiary/aromatic N) is 1. The fourth-order valence-corrected chi connectivity index (χ4v) is 4.93. The third-order valence-electron chi connectivity index (χ3n) is 5.65. The number of carbonyl (C=O) groups is 1. The number of carbonyl (C=O) groups excluding carboxylic acids is 1. The van der Waals surface area contributed by atoms with Crippen molar-refractivity contribution >= 4 is 17.2 Å². The van der Waals surface area contributed by atoms with Crippen molar-refractivity contribution in [2.24, 2.45) is 0 Å². The fraction of sp³-hybridized carbons (Fsp3) is 0.737. The summed E-state index contributed by atoms with van der Waals surface area (Å²) in [6, 6.07) is 2.12. The zero-order valence-electron chi connectivity index (χ0n) is 14.2. The minimum absolute atomic E-state index is 0.221. The van der Waals surface area contributed by atoms with Crippen molar-refractivity contribution in [1.82, 2.24) is 10.2 Å². The maximum atomic E-state index is 12.3. The average Bonchev–Trinajstić information content (AvgIpc) is 3.13. The maximum absolute atomic E-state index is 12.3. The van der Waals surface area contributed by atoms with E-state index in [1.165, 1.54) is 70.0 Å². The summed E-state index contributed by atoms with van der Waals surface area (Å²) in [7, 11) is 0. The van der Waals surface area contributed by atoms with Gasteiger partial charge in [-0.2, -0.15) is 11.3 Å². The molecule has 1 aliphatic carbocycles. The minimum atomic E-state index is 0.221.